The van der Waals surface area contributed by atoms with Gasteiger partial charge in [0.15, 0.2) is 5.82 Å². The molecule has 2 aromatic rings. The molecule has 0 aliphatic rings. The number of imidazole rings is 1. The SMILES string of the molecule is CCC(C)(N)c1noc(-c2cn(C)cn2)n1. The highest BCUT2D eigenvalue weighted by atomic mass is 16.5. The summed E-state index contributed by atoms with van der Waals surface area (Å²) in [7, 11) is 1.88. The highest BCUT2D eigenvalue weighted by molar-refractivity contribution is 5.44. The molecule has 0 aliphatic heterocycles. The number of nitrogens with two attached hydrogens (primary N) is 1. The van der Waals surface area contributed by atoms with Gasteiger partial charge in [0.25, 0.3) is 5.89 Å². The summed E-state index contributed by atoms with van der Waals surface area (Å²) < 4.78 is 6.96. The molecule has 6 nitrogen and oxygen atoms in total. The van der Waals surface area contributed by atoms with E-state index in [0.717, 1.165) is 6.42 Å². The van der Waals surface area contributed by atoms with Crippen LogP contribution in [0, 0.1) is 0 Å². The molecule has 0 saturated heterocycles. The van der Waals surface area contributed by atoms with Crippen molar-refractivity contribution < 1.29 is 4.52 Å². The lowest BCUT2D eigenvalue weighted by atomic mass is 10.0. The van der Waals surface area contributed by atoms with Gasteiger partial charge < -0.3 is 14.8 Å². The molecule has 0 amide bonds. The molecule has 0 saturated carbocycles. The fourth-order valence-corrected chi connectivity index (χ4v) is 1.24. The van der Waals surface area contributed by atoms with Gasteiger partial charge in [0.2, 0.25) is 0 Å². The largest absolute Gasteiger partial charge is 0.340 e. The molecule has 0 aliphatic carbocycles. The summed E-state index contributed by atoms with van der Waals surface area (Å²) in [5.74, 6) is 0.913. The molecule has 0 aromatic carbocycles. The van der Waals surface area contributed by atoms with Gasteiger partial charge in [-0.15, -0.1) is 0 Å². The van der Waals surface area contributed by atoms with Crippen molar-refractivity contribution >= 4 is 0 Å². The summed E-state index contributed by atoms with van der Waals surface area (Å²) in [5.41, 5.74) is 6.12. The Morgan fingerprint density at radius 3 is 2.88 bits per heavy atom. The van der Waals surface area contributed by atoms with Gasteiger partial charge in [-0.25, -0.2) is 4.98 Å². The highest BCUT2D eigenvalue weighted by Gasteiger charge is 2.25. The van der Waals surface area contributed by atoms with E-state index in [9.17, 15) is 0 Å². The summed E-state index contributed by atoms with van der Waals surface area (Å²) in [5, 5.41) is 3.88. The number of hydrogen-bond donors (Lipinski definition) is 1. The van der Waals surface area contributed by atoms with Gasteiger partial charge in [-0.3, -0.25) is 0 Å². The van der Waals surface area contributed by atoms with E-state index in [1.807, 2.05) is 31.7 Å². The Morgan fingerprint density at radius 1 is 1.56 bits per heavy atom. The fraction of sp³-hybridized carbons (Fsp3) is 0.500. The number of nitrogens with zero attached hydrogens (tertiary/aromatic N) is 4. The van der Waals surface area contributed by atoms with Gasteiger partial charge in [0.05, 0.1) is 11.9 Å². The van der Waals surface area contributed by atoms with Crippen LogP contribution in [0.4, 0.5) is 0 Å². The Balaban J connectivity index is 2.33. The predicted molar refractivity (Wildman–Crippen MR) is 58.3 cm³/mol. The Bertz CT molecular complexity index is 485. The second-order valence-electron chi connectivity index (χ2n) is 4.12. The maximum Gasteiger partial charge on any atom is 0.278 e. The lowest BCUT2D eigenvalue weighted by molar-refractivity contribution is 0.378. The number of rotatable bonds is 3. The van der Waals surface area contributed by atoms with Crippen molar-refractivity contribution in [2.75, 3.05) is 0 Å². The van der Waals surface area contributed by atoms with E-state index in [2.05, 4.69) is 15.1 Å². The van der Waals surface area contributed by atoms with E-state index in [1.54, 1.807) is 6.33 Å². The minimum absolute atomic E-state index is 0.403. The average Bonchev–Trinajstić information content (AvgIpc) is 2.85. The molecule has 86 valence electrons. The number of aromatic nitrogens is 4. The lowest BCUT2D eigenvalue weighted by Gasteiger charge is -2.16. The van der Waals surface area contributed by atoms with Gasteiger partial charge >= 0.3 is 0 Å². The monoisotopic (exact) mass is 221 g/mol. The Kier molecular flexibility index (Phi) is 2.51. The maximum atomic E-state index is 6.02. The van der Waals surface area contributed by atoms with Gasteiger partial charge in [-0.05, 0) is 13.3 Å². The van der Waals surface area contributed by atoms with Crippen molar-refractivity contribution in [2.45, 2.75) is 25.8 Å². The van der Waals surface area contributed by atoms with E-state index >= 15 is 0 Å². The molecule has 0 bridgehead atoms. The molecule has 6 heteroatoms. The lowest BCUT2D eigenvalue weighted by Crippen LogP contribution is -2.33. The van der Waals surface area contributed by atoms with Gasteiger partial charge in [-0.2, -0.15) is 4.98 Å². The third-order valence-corrected chi connectivity index (χ3v) is 2.60. The molecular formula is C10H15N5O. The third-order valence-electron chi connectivity index (χ3n) is 2.60. The minimum atomic E-state index is -0.559. The van der Waals surface area contributed by atoms with Crippen LogP contribution < -0.4 is 5.73 Å². The van der Waals surface area contributed by atoms with E-state index in [1.165, 1.54) is 0 Å². The zero-order valence-electron chi connectivity index (χ0n) is 9.64. The van der Waals surface area contributed by atoms with Crippen molar-refractivity contribution in [3.63, 3.8) is 0 Å². The summed E-state index contributed by atoms with van der Waals surface area (Å²) >= 11 is 0. The van der Waals surface area contributed by atoms with E-state index < -0.39 is 5.54 Å². The first-order valence-corrected chi connectivity index (χ1v) is 5.14. The molecule has 2 aromatic heterocycles. The molecule has 1 atom stereocenters. The quantitative estimate of drug-likeness (QED) is 0.837. The second-order valence-corrected chi connectivity index (χ2v) is 4.12. The van der Waals surface area contributed by atoms with Gasteiger partial charge in [0, 0.05) is 13.2 Å². The molecule has 0 spiro atoms. The third kappa shape index (κ3) is 1.83. The van der Waals surface area contributed by atoms with Crippen LogP contribution in [0.5, 0.6) is 0 Å². The van der Waals surface area contributed by atoms with Crippen molar-refractivity contribution in [2.24, 2.45) is 12.8 Å². The second kappa shape index (κ2) is 3.71. The van der Waals surface area contributed by atoms with Crippen molar-refractivity contribution in [3.05, 3.63) is 18.3 Å². The summed E-state index contributed by atoms with van der Waals surface area (Å²) in [6.45, 7) is 3.86. The van der Waals surface area contributed by atoms with Crippen LogP contribution >= 0.6 is 0 Å². The molecule has 2 heterocycles. The van der Waals surface area contributed by atoms with Crippen LogP contribution in [-0.2, 0) is 12.6 Å². The molecular weight excluding hydrogens is 206 g/mol. The van der Waals surface area contributed by atoms with Gasteiger partial charge in [-0.1, -0.05) is 12.1 Å². The van der Waals surface area contributed by atoms with E-state index in [-0.39, 0.29) is 0 Å². The zero-order valence-corrected chi connectivity index (χ0v) is 9.64. The topological polar surface area (TPSA) is 82.8 Å². The van der Waals surface area contributed by atoms with Crippen LogP contribution in [0.1, 0.15) is 26.1 Å². The maximum absolute atomic E-state index is 6.02. The highest BCUT2D eigenvalue weighted by Crippen LogP contribution is 2.21. The smallest absolute Gasteiger partial charge is 0.278 e. The van der Waals surface area contributed by atoms with Crippen LogP contribution in [0.3, 0.4) is 0 Å². The van der Waals surface area contributed by atoms with E-state index in [0.29, 0.717) is 17.4 Å². The average molecular weight is 221 g/mol. The van der Waals surface area contributed by atoms with Crippen LogP contribution in [0.15, 0.2) is 17.0 Å². The Labute approximate surface area is 93.5 Å². The molecule has 1 unspecified atom stereocenters. The standard InChI is InChI=1S/C10H15N5O/c1-4-10(2,11)9-13-8(16-14-9)7-5-15(3)6-12-7/h5-6H,4,11H2,1-3H3. The normalized spacial score (nSPS) is 15.0. The Morgan fingerprint density at radius 2 is 2.31 bits per heavy atom. The molecule has 2 N–H and O–H groups in total. The van der Waals surface area contributed by atoms with Crippen LogP contribution in [0.2, 0.25) is 0 Å². The van der Waals surface area contributed by atoms with Crippen molar-refractivity contribution in [1.82, 2.24) is 19.7 Å². The predicted octanol–water partition coefficient (Wildman–Crippen LogP) is 1.05. The van der Waals surface area contributed by atoms with E-state index in [4.69, 9.17) is 10.3 Å². The van der Waals surface area contributed by atoms with Gasteiger partial charge in [0.1, 0.15) is 5.69 Å². The van der Waals surface area contributed by atoms with Crippen molar-refractivity contribution in [3.8, 4) is 11.6 Å². The molecule has 16 heavy (non-hydrogen) atoms. The number of aryl methyl sites for hydroxylation is 1. The summed E-state index contributed by atoms with van der Waals surface area (Å²) in [6.07, 6.45) is 4.24. The first-order valence-electron chi connectivity index (χ1n) is 5.14. The van der Waals surface area contributed by atoms with Crippen LogP contribution in [-0.4, -0.2) is 19.7 Å². The Hall–Kier alpha value is -1.69. The molecule has 0 radical (unpaired) electrons. The molecule has 2 rings (SSSR count). The molecule has 0 fully saturated rings. The fourth-order valence-electron chi connectivity index (χ4n) is 1.24. The summed E-state index contributed by atoms with van der Waals surface area (Å²) in [4.78, 5) is 8.39. The first kappa shape index (κ1) is 10.8. The number of hydrogen-bond acceptors (Lipinski definition) is 5. The van der Waals surface area contributed by atoms with Crippen LogP contribution in [0.25, 0.3) is 11.6 Å². The first-order chi connectivity index (χ1) is 7.53. The minimum Gasteiger partial charge on any atom is -0.340 e. The van der Waals surface area contributed by atoms with Crippen molar-refractivity contribution in [1.29, 1.82) is 0 Å². The summed E-state index contributed by atoms with van der Waals surface area (Å²) in [6, 6.07) is 0. The zero-order chi connectivity index (χ0) is 11.8.